The molecule has 1 aliphatic heterocycles. The Morgan fingerprint density at radius 2 is 1.86 bits per heavy atom. The van der Waals surface area contributed by atoms with Gasteiger partial charge >= 0.3 is 0 Å². The van der Waals surface area contributed by atoms with Gasteiger partial charge in [0.05, 0.1) is 10.6 Å². The molecule has 6 heteroatoms. The normalized spacial score (nSPS) is 19.2. The van der Waals surface area contributed by atoms with Crippen LogP contribution in [0.15, 0.2) is 60.8 Å². The van der Waals surface area contributed by atoms with Crippen molar-refractivity contribution in [2.75, 3.05) is 19.6 Å². The number of likely N-dealkylation sites (tertiary alicyclic amines) is 1. The average molecular weight is 395 g/mol. The van der Waals surface area contributed by atoms with E-state index in [0.29, 0.717) is 35.9 Å². The molecule has 0 spiro atoms. The number of halogens is 1. The number of amides is 1. The van der Waals surface area contributed by atoms with Crippen molar-refractivity contribution in [1.82, 2.24) is 14.7 Å². The Balaban J connectivity index is 1.65. The molecule has 2 heterocycles. The van der Waals surface area contributed by atoms with Crippen LogP contribution in [0.25, 0.3) is 11.3 Å². The molecule has 144 valence electrons. The zero-order valence-electron chi connectivity index (χ0n) is 15.8. The highest BCUT2D eigenvalue weighted by molar-refractivity contribution is 6.33. The van der Waals surface area contributed by atoms with Gasteiger partial charge in [-0.2, -0.15) is 5.10 Å². The van der Waals surface area contributed by atoms with E-state index in [1.54, 1.807) is 10.9 Å². The summed E-state index contributed by atoms with van der Waals surface area (Å²) in [5, 5.41) is 5.09. The van der Waals surface area contributed by atoms with E-state index in [9.17, 15) is 4.79 Å². The molecule has 2 atom stereocenters. The fourth-order valence-electron chi connectivity index (χ4n) is 4.02. The fraction of sp³-hybridized carbons (Fsp3) is 0.273. The summed E-state index contributed by atoms with van der Waals surface area (Å²) >= 11 is 6.36. The van der Waals surface area contributed by atoms with Crippen LogP contribution < -0.4 is 5.73 Å². The van der Waals surface area contributed by atoms with Gasteiger partial charge in [-0.1, -0.05) is 60.1 Å². The number of aryl methyl sites for hydroxylation is 1. The van der Waals surface area contributed by atoms with Crippen LogP contribution in [-0.2, 0) is 7.05 Å². The Hall–Kier alpha value is -2.63. The highest BCUT2D eigenvalue weighted by Crippen LogP contribution is 2.35. The predicted molar refractivity (Wildman–Crippen MR) is 111 cm³/mol. The van der Waals surface area contributed by atoms with E-state index < -0.39 is 0 Å². The number of carbonyl (C=O) groups is 1. The Morgan fingerprint density at radius 1 is 1.14 bits per heavy atom. The summed E-state index contributed by atoms with van der Waals surface area (Å²) in [6.07, 6.45) is 1.77. The van der Waals surface area contributed by atoms with Crippen molar-refractivity contribution in [2.45, 2.75) is 5.92 Å². The molecule has 1 saturated heterocycles. The Kier molecular flexibility index (Phi) is 5.20. The minimum Gasteiger partial charge on any atom is -0.338 e. The van der Waals surface area contributed by atoms with Crippen LogP contribution in [0.3, 0.4) is 0 Å². The van der Waals surface area contributed by atoms with Crippen LogP contribution in [-0.4, -0.2) is 40.2 Å². The number of carbonyl (C=O) groups excluding carboxylic acids is 1. The number of aromatic nitrogens is 2. The van der Waals surface area contributed by atoms with Crippen LogP contribution in [0.4, 0.5) is 0 Å². The van der Waals surface area contributed by atoms with Crippen LogP contribution in [0.2, 0.25) is 5.02 Å². The molecule has 1 fully saturated rings. The first-order valence-corrected chi connectivity index (χ1v) is 9.79. The molecule has 3 aromatic rings. The zero-order valence-corrected chi connectivity index (χ0v) is 16.5. The summed E-state index contributed by atoms with van der Waals surface area (Å²) in [5.41, 5.74) is 9.22. The predicted octanol–water partition coefficient (Wildman–Crippen LogP) is 3.56. The van der Waals surface area contributed by atoms with Gasteiger partial charge in [0.15, 0.2) is 0 Å². The summed E-state index contributed by atoms with van der Waals surface area (Å²) in [6.45, 7) is 1.85. The maximum atomic E-state index is 13.4. The first kappa shape index (κ1) is 18.7. The highest BCUT2D eigenvalue weighted by Gasteiger charge is 2.36. The van der Waals surface area contributed by atoms with Crippen molar-refractivity contribution in [3.8, 4) is 11.3 Å². The molecule has 0 bridgehead atoms. The second-order valence-corrected chi connectivity index (χ2v) is 7.68. The monoisotopic (exact) mass is 394 g/mol. The molecule has 4 rings (SSSR count). The molecule has 0 unspecified atom stereocenters. The summed E-state index contributed by atoms with van der Waals surface area (Å²) in [5.74, 6) is 0.460. The lowest BCUT2D eigenvalue weighted by molar-refractivity contribution is 0.0787. The second-order valence-electron chi connectivity index (χ2n) is 7.27. The molecule has 0 saturated carbocycles. The van der Waals surface area contributed by atoms with Gasteiger partial charge in [0.25, 0.3) is 5.91 Å². The molecule has 1 aliphatic rings. The maximum absolute atomic E-state index is 13.4. The quantitative estimate of drug-likeness (QED) is 0.735. The van der Waals surface area contributed by atoms with Gasteiger partial charge in [0, 0.05) is 37.8 Å². The van der Waals surface area contributed by atoms with Crippen LogP contribution >= 0.6 is 11.6 Å². The molecule has 0 radical (unpaired) electrons. The lowest BCUT2D eigenvalue weighted by Gasteiger charge is -2.17. The van der Waals surface area contributed by atoms with Gasteiger partial charge in [-0.3, -0.25) is 9.48 Å². The molecule has 0 aliphatic carbocycles. The second kappa shape index (κ2) is 7.78. The van der Waals surface area contributed by atoms with Crippen molar-refractivity contribution >= 4 is 17.5 Å². The fourth-order valence-corrected chi connectivity index (χ4v) is 4.25. The first-order chi connectivity index (χ1) is 13.6. The minimum absolute atomic E-state index is 0.0279. The topological polar surface area (TPSA) is 64.2 Å². The zero-order chi connectivity index (χ0) is 19.7. The van der Waals surface area contributed by atoms with Crippen molar-refractivity contribution < 1.29 is 4.79 Å². The number of nitrogens with two attached hydrogens (primary N) is 1. The van der Waals surface area contributed by atoms with E-state index in [-0.39, 0.29) is 17.7 Å². The van der Waals surface area contributed by atoms with Gasteiger partial charge in [-0.15, -0.1) is 0 Å². The lowest BCUT2D eigenvalue weighted by atomic mass is 9.89. The van der Waals surface area contributed by atoms with Crippen molar-refractivity contribution in [1.29, 1.82) is 0 Å². The van der Waals surface area contributed by atoms with Crippen LogP contribution in [0.5, 0.6) is 0 Å². The highest BCUT2D eigenvalue weighted by atomic mass is 35.5. The smallest absolute Gasteiger partial charge is 0.257 e. The lowest BCUT2D eigenvalue weighted by Crippen LogP contribution is -2.30. The standard InChI is InChI=1S/C22H23ClN4O/c1-26-13-19(21(25-26)17-9-5-6-10-20(17)23)22(28)27-12-16(11-24)18(14-27)15-7-3-2-4-8-15/h2-10,13,16,18H,11-12,14,24H2,1H3/t16-,18+/m1/s1. The Morgan fingerprint density at radius 3 is 2.57 bits per heavy atom. The largest absolute Gasteiger partial charge is 0.338 e. The van der Waals surface area contributed by atoms with E-state index in [0.717, 1.165) is 5.56 Å². The average Bonchev–Trinajstić information content (AvgIpc) is 3.32. The third kappa shape index (κ3) is 3.43. The Bertz CT molecular complexity index is 985. The first-order valence-electron chi connectivity index (χ1n) is 9.41. The summed E-state index contributed by atoms with van der Waals surface area (Å²) in [6, 6.07) is 17.8. The van der Waals surface area contributed by atoms with E-state index >= 15 is 0 Å². The molecule has 1 amide bonds. The summed E-state index contributed by atoms with van der Waals surface area (Å²) < 4.78 is 1.66. The van der Waals surface area contributed by atoms with Gasteiger partial charge in [0.2, 0.25) is 0 Å². The van der Waals surface area contributed by atoms with Gasteiger partial charge in [-0.25, -0.2) is 0 Å². The van der Waals surface area contributed by atoms with Crippen molar-refractivity contribution in [2.24, 2.45) is 18.7 Å². The molecule has 2 aromatic carbocycles. The molecule has 1 aromatic heterocycles. The molecular formula is C22H23ClN4O. The maximum Gasteiger partial charge on any atom is 0.257 e. The molecule has 28 heavy (non-hydrogen) atoms. The number of rotatable bonds is 4. The number of hydrogen-bond donors (Lipinski definition) is 1. The van der Waals surface area contributed by atoms with Crippen molar-refractivity contribution in [3.63, 3.8) is 0 Å². The van der Waals surface area contributed by atoms with E-state index in [1.165, 1.54) is 5.56 Å². The van der Waals surface area contributed by atoms with E-state index in [1.807, 2.05) is 54.4 Å². The Labute approximate surface area is 169 Å². The van der Waals surface area contributed by atoms with Gasteiger partial charge < -0.3 is 10.6 Å². The third-order valence-electron chi connectivity index (χ3n) is 5.45. The van der Waals surface area contributed by atoms with Gasteiger partial charge in [0.1, 0.15) is 5.69 Å². The van der Waals surface area contributed by atoms with E-state index in [2.05, 4.69) is 17.2 Å². The number of hydrogen-bond acceptors (Lipinski definition) is 3. The SMILES string of the molecule is Cn1cc(C(=O)N2C[C@@H](CN)[C@H](c3ccccc3)C2)c(-c2ccccc2Cl)n1. The van der Waals surface area contributed by atoms with E-state index in [4.69, 9.17) is 17.3 Å². The third-order valence-corrected chi connectivity index (χ3v) is 5.78. The molecular weight excluding hydrogens is 372 g/mol. The minimum atomic E-state index is -0.0279. The summed E-state index contributed by atoms with van der Waals surface area (Å²) in [4.78, 5) is 15.3. The van der Waals surface area contributed by atoms with Crippen LogP contribution in [0, 0.1) is 5.92 Å². The van der Waals surface area contributed by atoms with Gasteiger partial charge in [-0.05, 0) is 24.1 Å². The molecule has 5 nitrogen and oxygen atoms in total. The molecule has 2 N–H and O–H groups in total. The van der Waals surface area contributed by atoms with Crippen molar-refractivity contribution in [3.05, 3.63) is 76.9 Å². The number of nitrogens with zero attached hydrogens (tertiary/aromatic N) is 3. The summed E-state index contributed by atoms with van der Waals surface area (Å²) in [7, 11) is 1.82. The van der Waals surface area contributed by atoms with Crippen LogP contribution in [0.1, 0.15) is 21.8 Å². The number of benzene rings is 2.